The second-order valence-electron chi connectivity index (χ2n) is 9.99. The van der Waals surface area contributed by atoms with E-state index in [1.165, 1.54) is 17.0 Å². The van der Waals surface area contributed by atoms with Gasteiger partial charge >= 0.3 is 0 Å². The summed E-state index contributed by atoms with van der Waals surface area (Å²) in [4.78, 5) is 28.4. The second-order valence-corrected chi connectivity index (χ2v) is 10.8. The number of aliphatic hydroxyl groups excluding tert-OH is 1. The molecule has 192 valence electrons. The first-order chi connectivity index (χ1) is 17.5. The lowest BCUT2D eigenvalue weighted by Gasteiger charge is -2.28. The SMILES string of the molecule is CCCOc1ccccc1N1C(=O)C(=O)/C(=C(\O)c2ccc(Cl)c(Cl)c2)C1c1ccc(C(C)(C)C)cc1. The molecule has 0 spiro atoms. The maximum Gasteiger partial charge on any atom is 0.300 e. The van der Waals surface area contributed by atoms with Crippen LogP contribution >= 0.6 is 23.2 Å². The number of hydrogen-bond donors (Lipinski definition) is 1. The fourth-order valence-electron chi connectivity index (χ4n) is 4.35. The van der Waals surface area contributed by atoms with Crippen LogP contribution in [0.15, 0.2) is 72.3 Å². The third kappa shape index (κ3) is 5.25. The summed E-state index contributed by atoms with van der Waals surface area (Å²) in [7, 11) is 0. The lowest BCUT2D eigenvalue weighted by atomic mass is 9.85. The number of hydrogen-bond acceptors (Lipinski definition) is 4. The van der Waals surface area contributed by atoms with Gasteiger partial charge in [-0.25, -0.2) is 0 Å². The van der Waals surface area contributed by atoms with Gasteiger partial charge in [0.1, 0.15) is 11.5 Å². The molecular weight excluding hydrogens is 509 g/mol. The standard InChI is InChI=1S/C30H29Cl2NO4/c1-5-16-37-24-9-7-6-8-23(24)33-26(18-10-13-20(14-11-18)30(2,3)4)25(28(35)29(33)36)27(34)19-12-15-21(31)22(32)17-19/h6-15,17,26,34H,5,16H2,1-4H3/b27-25-. The first kappa shape index (κ1) is 26.8. The number of nitrogens with zero attached hydrogens (tertiary/aromatic N) is 1. The van der Waals surface area contributed by atoms with Gasteiger partial charge in [-0.1, -0.05) is 87.3 Å². The highest BCUT2D eigenvalue weighted by Crippen LogP contribution is 2.45. The van der Waals surface area contributed by atoms with Gasteiger partial charge in [0.05, 0.1) is 34.0 Å². The largest absolute Gasteiger partial charge is 0.507 e. The van der Waals surface area contributed by atoms with Crippen molar-refractivity contribution in [1.29, 1.82) is 0 Å². The van der Waals surface area contributed by atoms with Crippen molar-refractivity contribution in [2.24, 2.45) is 0 Å². The average Bonchev–Trinajstić information content (AvgIpc) is 3.13. The molecule has 7 heteroatoms. The number of carbonyl (C=O) groups is 2. The zero-order valence-electron chi connectivity index (χ0n) is 21.2. The van der Waals surface area contributed by atoms with Crippen LogP contribution < -0.4 is 9.64 Å². The Morgan fingerprint density at radius 1 is 0.973 bits per heavy atom. The normalized spacial score (nSPS) is 17.4. The molecule has 0 saturated carbocycles. The minimum absolute atomic E-state index is 0.0304. The molecule has 1 aliphatic heterocycles. The molecule has 0 bridgehead atoms. The van der Waals surface area contributed by atoms with Crippen molar-refractivity contribution >= 4 is 46.3 Å². The van der Waals surface area contributed by atoms with E-state index in [-0.39, 0.29) is 21.8 Å². The lowest BCUT2D eigenvalue weighted by Crippen LogP contribution is -2.30. The molecule has 4 rings (SSSR count). The number of halogens is 2. The second kappa shape index (κ2) is 10.6. The number of carbonyl (C=O) groups excluding carboxylic acids is 2. The fourth-order valence-corrected chi connectivity index (χ4v) is 4.65. The van der Waals surface area contributed by atoms with Gasteiger partial charge in [0.15, 0.2) is 0 Å². The Morgan fingerprint density at radius 2 is 1.65 bits per heavy atom. The molecule has 0 radical (unpaired) electrons. The molecule has 1 amide bonds. The molecule has 1 heterocycles. The van der Waals surface area contributed by atoms with E-state index in [1.807, 2.05) is 37.3 Å². The number of rotatable bonds is 6. The van der Waals surface area contributed by atoms with E-state index in [1.54, 1.807) is 24.3 Å². The predicted octanol–water partition coefficient (Wildman–Crippen LogP) is 7.71. The van der Waals surface area contributed by atoms with E-state index in [2.05, 4.69) is 20.8 Å². The first-order valence-electron chi connectivity index (χ1n) is 12.1. The average molecular weight is 538 g/mol. The number of anilines is 1. The summed E-state index contributed by atoms with van der Waals surface area (Å²) < 4.78 is 5.92. The van der Waals surface area contributed by atoms with Crippen molar-refractivity contribution < 1.29 is 19.4 Å². The Morgan fingerprint density at radius 3 is 2.27 bits per heavy atom. The van der Waals surface area contributed by atoms with E-state index in [0.717, 1.165) is 12.0 Å². The summed E-state index contributed by atoms with van der Waals surface area (Å²) in [5, 5.41) is 11.9. The predicted molar refractivity (Wildman–Crippen MR) is 149 cm³/mol. The molecule has 3 aromatic carbocycles. The quantitative estimate of drug-likeness (QED) is 0.198. The van der Waals surface area contributed by atoms with Gasteiger partial charge < -0.3 is 9.84 Å². The molecule has 0 aliphatic carbocycles. The number of amides is 1. The Bertz CT molecular complexity index is 1370. The highest BCUT2D eigenvalue weighted by molar-refractivity contribution is 6.52. The van der Waals surface area contributed by atoms with Crippen molar-refractivity contribution in [3.05, 3.63) is 99.0 Å². The molecule has 1 aliphatic rings. The Kier molecular flexibility index (Phi) is 7.67. The van der Waals surface area contributed by atoms with Crippen molar-refractivity contribution in [3.8, 4) is 5.75 Å². The topological polar surface area (TPSA) is 66.8 Å². The van der Waals surface area contributed by atoms with E-state index >= 15 is 0 Å². The smallest absolute Gasteiger partial charge is 0.300 e. The summed E-state index contributed by atoms with van der Waals surface area (Å²) in [6.07, 6.45) is 0.780. The van der Waals surface area contributed by atoms with Crippen LogP contribution in [0.4, 0.5) is 5.69 Å². The molecule has 5 nitrogen and oxygen atoms in total. The molecule has 3 aromatic rings. The van der Waals surface area contributed by atoms with Gasteiger partial charge in [-0.05, 0) is 53.3 Å². The molecule has 1 N–H and O–H groups in total. The Labute approximate surface area is 227 Å². The summed E-state index contributed by atoms with van der Waals surface area (Å²) in [6, 6.07) is 18.5. The summed E-state index contributed by atoms with van der Waals surface area (Å²) >= 11 is 12.3. The number of para-hydroxylation sites is 2. The molecule has 1 atom stereocenters. The van der Waals surface area contributed by atoms with Crippen LogP contribution in [-0.2, 0) is 15.0 Å². The van der Waals surface area contributed by atoms with Crippen molar-refractivity contribution in [2.75, 3.05) is 11.5 Å². The molecular formula is C30H29Cl2NO4. The summed E-state index contributed by atoms with van der Waals surface area (Å²) in [5.74, 6) is -1.38. The summed E-state index contributed by atoms with van der Waals surface area (Å²) in [6.45, 7) is 8.77. The molecule has 37 heavy (non-hydrogen) atoms. The maximum atomic E-state index is 13.5. The maximum absolute atomic E-state index is 13.5. The number of Topliss-reactive ketones (excluding diaryl/α,β-unsaturated/α-hetero) is 1. The fraction of sp³-hybridized carbons (Fsp3) is 0.267. The number of ether oxygens (including phenoxy) is 1. The third-order valence-corrected chi connectivity index (χ3v) is 7.06. The van der Waals surface area contributed by atoms with E-state index in [4.69, 9.17) is 27.9 Å². The van der Waals surface area contributed by atoms with Gasteiger partial charge in [-0.15, -0.1) is 0 Å². The van der Waals surface area contributed by atoms with Crippen LogP contribution in [0.5, 0.6) is 5.75 Å². The van der Waals surface area contributed by atoms with Crippen molar-refractivity contribution in [3.63, 3.8) is 0 Å². The van der Waals surface area contributed by atoms with Gasteiger partial charge in [-0.2, -0.15) is 0 Å². The number of benzene rings is 3. The van der Waals surface area contributed by atoms with Crippen LogP contribution in [0, 0.1) is 0 Å². The van der Waals surface area contributed by atoms with Crippen molar-refractivity contribution in [2.45, 2.75) is 45.6 Å². The van der Waals surface area contributed by atoms with Gasteiger partial charge in [-0.3, -0.25) is 14.5 Å². The number of aliphatic hydroxyl groups is 1. The van der Waals surface area contributed by atoms with Gasteiger partial charge in [0.25, 0.3) is 11.7 Å². The zero-order chi connectivity index (χ0) is 26.9. The zero-order valence-corrected chi connectivity index (χ0v) is 22.7. The molecule has 1 fully saturated rings. The minimum atomic E-state index is -0.880. The molecule has 1 saturated heterocycles. The Balaban J connectivity index is 1.94. The van der Waals surface area contributed by atoms with Crippen LogP contribution in [-0.4, -0.2) is 23.4 Å². The van der Waals surface area contributed by atoms with Crippen molar-refractivity contribution in [1.82, 2.24) is 0 Å². The van der Waals surface area contributed by atoms with Gasteiger partial charge in [0.2, 0.25) is 0 Å². The van der Waals surface area contributed by atoms with E-state index in [0.29, 0.717) is 34.2 Å². The highest BCUT2D eigenvalue weighted by Gasteiger charge is 2.47. The van der Waals surface area contributed by atoms with E-state index < -0.39 is 17.7 Å². The monoisotopic (exact) mass is 537 g/mol. The summed E-state index contributed by atoms with van der Waals surface area (Å²) in [5.41, 5.74) is 2.41. The van der Waals surface area contributed by atoms with Crippen LogP contribution in [0.3, 0.4) is 0 Å². The number of ketones is 1. The van der Waals surface area contributed by atoms with Crippen LogP contribution in [0.25, 0.3) is 5.76 Å². The van der Waals surface area contributed by atoms with Gasteiger partial charge in [0, 0.05) is 5.56 Å². The molecule has 1 unspecified atom stereocenters. The lowest BCUT2D eigenvalue weighted by molar-refractivity contribution is -0.132. The van der Waals surface area contributed by atoms with Crippen LogP contribution in [0.2, 0.25) is 10.0 Å². The molecule has 0 aromatic heterocycles. The Hall–Kier alpha value is -3.28. The van der Waals surface area contributed by atoms with E-state index in [9.17, 15) is 14.7 Å². The highest BCUT2D eigenvalue weighted by atomic mass is 35.5. The third-order valence-electron chi connectivity index (χ3n) is 6.32. The minimum Gasteiger partial charge on any atom is -0.507 e. The van der Waals surface area contributed by atoms with Crippen LogP contribution in [0.1, 0.15) is 56.8 Å². The first-order valence-corrected chi connectivity index (χ1v) is 12.9.